The van der Waals surface area contributed by atoms with E-state index in [2.05, 4.69) is 10.1 Å². The first-order chi connectivity index (χ1) is 8.13. The number of carbonyl (C=O) groups excluding carboxylic acids is 1. The highest BCUT2D eigenvalue weighted by Gasteiger charge is 2.03. The number of esters is 1. The number of nitro groups is 1. The second-order valence-electron chi connectivity index (χ2n) is 3.41. The maximum Gasteiger partial charge on any atom is 0.305 e. The van der Waals surface area contributed by atoms with E-state index < -0.39 is 4.92 Å². The minimum Gasteiger partial charge on any atom is -0.469 e. The van der Waals surface area contributed by atoms with Crippen LogP contribution in [-0.2, 0) is 9.53 Å². The van der Waals surface area contributed by atoms with Gasteiger partial charge in [0.25, 0.3) is 5.69 Å². The van der Waals surface area contributed by atoms with Crippen LogP contribution in [0.25, 0.3) is 0 Å². The molecule has 1 aromatic rings. The van der Waals surface area contributed by atoms with Crippen molar-refractivity contribution in [3.63, 3.8) is 0 Å². The highest BCUT2D eigenvalue weighted by molar-refractivity contribution is 5.69. The quantitative estimate of drug-likeness (QED) is 0.354. The number of nitrogens with one attached hydrogen (secondary N) is 1. The molecule has 0 saturated carbocycles. The molecule has 92 valence electrons. The lowest BCUT2D eigenvalue weighted by Gasteiger charge is -2.05. The molecule has 0 amide bonds. The van der Waals surface area contributed by atoms with E-state index in [0.717, 1.165) is 5.69 Å². The Morgan fingerprint density at radius 1 is 1.41 bits per heavy atom. The molecule has 0 atom stereocenters. The number of hydrogen-bond donors (Lipinski definition) is 1. The second-order valence-corrected chi connectivity index (χ2v) is 3.41. The smallest absolute Gasteiger partial charge is 0.305 e. The van der Waals surface area contributed by atoms with Crippen molar-refractivity contribution >= 4 is 17.3 Å². The number of ether oxygens (including phenoxy) is 1. The number of nitro benzene ring substituents is 1. The summed E-state index contributed by atoms with van der Waals surface area (Å²) in [5.74, 6) is -0.240. The summed E-state index contributed by atoms with van der Waals surface area (Å²) in [5.41, 5.74) is 0.852. The summed E-state index contributed by atoms with van der Waals surface area (Å²) in [6.45, 7) is 0.618. The van der Waals surface area contributed by atoms with Crippen molar-refractivity contribution in [2.24, 2.45) is 0 Å². The molecule has 0 aliphatic rings. The Morgan fingerprint density at radius 2 is 2.06 bits per heavy atom. The van der Waals surface area contributed by atoms with Crippen molar-refractivity contribution in [1.29, 1.82) is 0 Å². The van der Waals surface area contributed by atoms with Crippen LogP contribution in [0.1, 0.15) is 12.8 Å². The van der Waals surface area contributed by atoms with Gasteiger partial charge in [-0.15, -0.1) is 0 Å². The molecule has 1 rings (SSSR count). The molecular formula is C11H14N2O4. The van der Waals surface area contributed by atoms with E-state index in [1.807, 2.05) is 0 Å². The van der Waals surface area contributed by atoms with Crippen LogP contribution in [0.5, 0.6) is 0 Å². The molecule has 1 aromatic carbocycles. The van der Waals surface area contributed by atoms with E-state index in [1.54, 1.807) is 12.1 Å². The van der Waals surface area contributed by atoms with Crippen molar-refractivity contribution in [1.82, 2.24) is 0 Å². The molecule has 0 aliphatic carbocycles. The molecule has 0 heterocycles. The van der Waals surface area contributed by atoms with Crippen LogP contribution in [0.2, 0.25) is 0 Å². The zero-order valence-electron chi connectivity index (χ0n) is 9.51. The minimum atomic E-state index is -0.443. The molecule has 0 aliphatic heterocycles. The first-order valence-electron chi connectivity index (χ1n) is 5.18. The SMILES string of the molecule is COC(=O)CCCNc1ccc([N+](=O)[O-])cc1. The molecule has 0 unspecified atom stereocenters. The molecular weight excluding hydrogens is 224 g/mol. The van der Waals surface area contributed by atoms with Crippen molar-refractivity contribution in [2.45, 2.75) is 12.8 Å². The normalized spacial score (nSPS) is 9.71. The summed E-state index contributed by atoms with van der Waals surface area (Å²) in [5, 5.41) is 13.5. The van der Waals surface area contributed by atoms with Crippen LogP contribution in [0.3, 0.4) is 0 Å². The molecule has 0 saturated heterocycles. The Balaban J connectivity index is 2.32. The van der Waals surface area contributed by atoms with Gasteiger partial charge in [-0.1, -0.05) is 0 Å². The number of rotatable bonds is 6. The zero-order chi connectivity index (χ0) is 12.7. The van der Waals surface area contributed by atoms with Crippen molar-refractivity contribution < 1.29 is 14.5 Å². The average Bonchev–Trinajstić information content (AvgIpc) is 2.34. The van der Waals surface area contributed by atoms with E-state index >= 15 is 0 Å². The third kappa shape index (κ3) is 4.50. The number of carbonyl (C=O) groups is 1. The van der Waals surface area contributed by atoms with Gasteiger partial charge in [-0.3, -0.25) is 14.9 Å². The van der Waals surface area contributed by atoms with Crippen molar-refractivity contribution in [3.8, 4) is 0 Å². The first-order valence-corrected chi connectivity index (χ1v) is 5.18. The first kappa shape index (κ1) is 13.0. The fraction of sp³-hybridized carbons (Fsp3) is 0.364. The number of hydrogen-bond acceptors (Lipinski definition) is 5. The van der Waals surface area contributed by atoms with Gasteiger partial charge in [-0.25, -0.2) is 0 Å². The Labute approximate surface area is 98.7 Å². The predicted octanol–water partition coefficient (Wildman–Crippen LogP) is 1.96. The standard InChI is InChI=1S/C11H14N2O4/c1-17-11(14)3-2-8-12-9-4-6-10(7-5-9)13(15)16/h4-7,12H,2-3,8H2,1H3. The Bertz CT molecular complexity index is 389. The highest BCUT2D eigenvalue weighted by atomic mass is 16.6. The van der Waals surface area contributed by atoms with Gasteiger partial charge in [0.2, 0.25) is 0 Å². The fourth-order valence-electron chi connectivity index (χ4n) is 1.27. The minimum absolute atomic E-state index is 0.0603. The largest absolute Gasteiger partial charge is 0.469 e. The van der Waals surface area contributed by atoms with Crippen LogP contribution >= 0.6 is 0 Å². The number of benzene rings is 1. The van der Waals surface area contributed by atoms with Crippen LogP contribution in [-0.4, -0.2) is 24.5 Å². The van der Waals surface area contributed by atoms with Gasteiger partial charge in [0.15, 0.2) is 0 Å². The van der Waals surface area contributed by atoms with Gasteiger partial charge < -0.3 is 10.1 Å². The van der Waals surface area contributed by atoms with Gasteiger partial charge in [0, 0.05) is 30.8 Å². The van der Waals surface area contributed by atoms with Gasteiger partial charge in [0.05, 0.1) is 12.0 Å². The molecule has 0 fully saturated rings. The van der Waals surface area contributed by atoms with Crippen molar-refractivity contribution in [2.75, 3.05) is 19.0 Å². The number of anilines is 1. The second kappa shape index (κ2) is 6.47. The summed E-state index contributed by atoms with van der Waals surface area (Å²) < 4.78 is 4.50. The number of non-ortho nitro benzene ring substituents is 1. The van der Waals surface area contributed by atoms with Crippen LogP contribution < -0.4 is 5.32 Å². The number of methoxy groups -OCH3 is 1. The van der Waals surface area contributed by atoms with Crippen LogP contribution in [0, 0.1) is 10.1 Å². The molecule has 0 bridgehead atoms. The molecule has 1 N–H and O–H groups in total. The fourth-order valence-corrected chi connectivity index (χ4v) is 1.27. The summed E-state index contributed by atoms with van der Waals surface area (Å²) in [6, 6.07) is 6.14. The Kier molecular flexibility index (Phi) is 4.93. The summed E-state index contributed by atoms with van der Waals surface area (Å²) in [6.07, 6.45) is 1.01. The summed E-state index contributed by atoms with van der Waals surface area (Å²) in [7, 11) is 1.35. The Morgan fingerprint density at radius 3 is 2.59 bits per heavy atom. The molecule has 0 aromatic heterocycles. The van der Waals surface area contributed by atoms with Gasteiger partial charge in [-0.05, 0) is 18.6 Å². The van der Waals surface area contributed by atoms with E-state index in [-0.39, 0.29) is 11.7 Å². The van der Waals surface area contributed by atoms with Gasteiger partial charge in [-0.2, -0.15) is 0 Å². The highest BCUT2D eigenvalue weighted by Crippen LogP contribution is 2.15. The topological polar surface area (TPSA) is 81.5 Å². The van der Waals surface area contributed by atoms with E-state index in [4.69, 9.17) is 0 Å². The molecule has 0 radical (unpaired) electrons. The van der Waals surface area contributed by atoms with Crippen LogP contribution in [0.15, 0.2) is 24.3 Å². The zero-order valence-corrected chi connectivity index (χ0v) is 9.51. The lowest BCUT2D eigenvalue weighted by molar-refractivity contribution is -0.384. The third-order valence-electron chi connectivity index (χ3n) is 2.19. The lowest BCUT2D eigenvalue weighted by atomic mass is 10.2. The molecule has 17 heavy (non-hydrogen) atoms. The van der Waals surface area contributed by atoms with Crippen molar-refractivity contribution in [3.05, 3.63) is 34.4 Å². The Hall–Kier alpha value is -2.11. The molecule has 6 heteroatoms. The van der Waals surface area contributed by atoms with Gasteiger partial charge in [0.1, 0.15) is 0 Å². The maximum absolute atomic E-state index is 10.8. The van der Waals surface area contributed by atoms with E-state index in [1.165, 1.54) is 19.2 Å². The summed E-state index contributed by atoms with van der Waals surface area (Å²) >= 11 is 0. The maximum atomic E-state index is 10.8. The lowest BCUT2D eigenvalue weighted by Crippen LogP contribution is -2.06. The van der Waals surface area contributed by atoms with Crippen LogP contribution in [0.4, 0.5) is 11.4 Å². The average molecular weight is 238 g/mol. The van der Waals surface area contributed by atoms with Gasteiger partial charge >= 0.3 is 5.97 Å². The molecule has 6 nitrogen and oxygen atoms in total. The monoisotopic (exact) mass is 238 g/mol. The van der Waals surface area contributed by atoms with E-state index in [0.29, 0.717) is 19.4 Å². The third-order valence-corrected chi connectivity index (χ3v) is 2.19. The summed E-state index contributed by atoms with van der Waals surface area (Å²) in [4.78, 5) is 20.8. The predicted molar refractivity (Wildman–Crippen MR) is 62.8 cm³/mol. The number of nitrogens with zero attached hydrogens (tertiary/aromatic N) is 1. The molecule has 0 spiro atoms. The van der Waals surface area contributed by atoms with E-state index in [9.17, 15) is 14.9 Å².